The summed E-state index contributed by atoms with van der Waals surface area (Å²) in [5.41, 5.74) is 3.58. The maximum Gasteiger partial charge on any atom is 0.243 e. The summed E-state index contributed by atoms with van der Waals surface area (Å²) in [6.45, 7) is 3.78. The number of aromatic nitrogens is 1. The quantitative estimate of drug-likeness (QED) is 0.366. The van der Waals surface area contributed by atoms with E-state index in [0.717, 1.165) is 38.3 Å². The molecule has 186 valence electrons. The minimum absolute atomic E-state index is 0.0704. The van der Waals surface area contributed by atoms with Crippen molar-refractivity contribution >= 4 is 31.6 Å². The van der Waals surface area contributed by atoms with Crippen LogP contribution >= 0.6 is 11.3 Å². The van der Waals surface area contributed by atoms with Crippen LogP contribution in [0.1, 0.15) is 17.5 Å². The van der Waals surface area contributed by atoms with Crippen molar-refractivity contribution in [1.82, 2.24) is 9.29 Å². The smallest absolute Gasteiger partial charge is 0.243 e. The lowest BCUT2D eigenvalue weighted by Crippen LogP contribution is -2.32. The van der Waals surface area contributed by atoms with Gasteiger partial charge in [0.25, 0.3) is 0 Å². The predicted octanol–water partition coefficient (Wildman–Crippen LogP) is 5.02. The van der Waals surface area contributed by atoms with E-state index in [1.807, 2.05) is 55.5 Å². The van der Waals surface area contributed by atoms with Crippen molar-refractivity contribution < 1.29 is 22.6 Å². The molecule has 1 aromatic heterocycles. The van der Waals surface area contributed by atoms with Crippen molar-refractivity contribution in [3.63, 3.8) is 0 Å². The summed E-state index contributed by atoms with van der Waals surface area (Å²) in [5, 5.41) is 0.851. The molecule has 3 aromatic carbocycles. The molecule has 0 N–H and O–H groups in total. The van der Waals surface area contributed by atoms with Crippen LogP contribution < -0.4 is 9.47 Å². The Hall–Kier alpha value is -2.98. The number of para-hydroxylation sites is 1. The molecule has 0 unspecified atom stereocenters. The fraction of sp³-hybridized carbons (Fsp3) is 0.296. The summed E-state index contributed by atoms with van der Waals surface area (Å²) in [6.07, 6.45) is 0.729. The molecule has 1 atom stereocenters. The largest absolute Gasteiger partial charge is 0.488 e. The number of ether oxygens (including phenoxy) is 3. The van der Waals surface area contributed by atoms with Crippen LogP contribution in [0.5, 0.6) is 11.5 Å². The first-order chi connectivity index (χ1) is 17.5. The van der Waals surface area contributed by atoms with E-state index in [1.165, 1.54) is 4.31 Å². The van der Waals surface area contributed by atoms with E-state index in [0.29, 0.717) is 24.7 Å². The van der Waals surface area contributed by atoms with Gasteiger partial charge in [0.2, 0.25) is 10.0 Å². The molecule has 2 aliphatic heterocycles. The van der Waals surface area contributed by atoms with E-state index in [1.54, 1.807) is 23.5 Å². The van der Waals surface area contributed by atoms with Crippen LogP contribution in [0.3, 0.4) is 0 Å². The fourth-order valence-electron chi connectivity index (χ4n) is 4.52. The lowest BCUT2D eigenvalue weighted by atomic mass is 10.1. The standard InChI is InChI=1S/C27H26N2O5S2/c1-18-6-8-22(9-7-18)36(30,31)29-11-13-33-26-20(16-29)14-19(15-24(26)34-21-10-12-32-17-21)27-28-23-4-2-3-5-25(23)35-27/h2-9,14-15,21H,10-13,16-17H2,1H3/t21-/m0/s1. The van der Waals surface area contributed by atoms with E-state index in [-0.39, 0.29) is 30.7 Å². The van der Waals surface area contributed by atoms with Gasteiger partial charge >= 0.3 is 0 Å². The zero-order valence-electron chi connectivity index (χ0n) is 19.8. The fourth-order valence-corrected chi connectivity index (χ4v) is 6.87. The molecule has 0 aliphatic carbocycles. The Kier molecular flexibility index (Phi) is 6.17. The van der Waals surface area contributed by atoms with Gasteiger partial charge in [0.05, 0.1) is 28.3 Å². The van der Waals surface area contributed by atoms with Crippen molar-refractivity contribution in [2.24, 2.45) is 0 Å². The van der Waals surface area contributed by atoms with E-state index in [9.17, 15) is 8.42 Å². The zero-order chi connectivity index (χ0) is 24.7. The molecular formula is C27H26N2O5S2. The third-order valence-corrected chi connectivity index (χ3v) is 9.39. The molecule has 1 fully saturated rings. The van der Waals surface area contributed by atoms with Crippen LogP contribution in [0.25, 0.3) is 20.8 Å². The number of fused-ring (bicyclic) bond motifs is 2. The van der Waals surface area contributed by atoms with Crippen molar-refractivity contribution in [2.45, 2.75) is 30.9 Å². The minimum atomic E-state index is -3.70. The maximum absolute atomic E-state index is 13.5. The molecule has 3 heterocycles. The average molecular weight is 523 g/mol. The number of thiazole rings is 1. The number of hydrogen-bond donors (Lipinski definition) is 0. The first-order valence-corrected chi connectivity index (χ1v) is 14.2. The molecule has 6 rings (SSSR count). The second-order valence-electron chi connectivity index (χ2n) is 9.05. The zero-order valence-corrected chi connectivity index (χ0v) is 21.5. The van der Waals surface area contributed by atoms with Crippen LogP contribution in [0, 0.1) is 6.92 Å². The summed E-state index contributed by atoms with van der Waals surface area (Å²) in [4.78, 5) is 5.09. The lowest BCUT2D eigenvalue weighted by molar-refractivity contribution is 0.137. The van der Waals surface area contributed by atoms with Gasteiger partial charge in [-0.1, -0.05) is 29.8 Å². The second kappa shape index (κ2) is 9.48. The maximum atomic E-state index is 13.5. The van der Waals surface area contributed by atoms with Gasteiger partial charge in [-0.2, -0.15) is 4.31 Å². The van der Waals surface area contributed by atoms with Crippen LogP contribution in [-0.4, -0.2) is 50.2 Å². The van der Waals surface area contributed by atoms with Crippen molar-refractivity contribution in [3.05, 3.63) is 71.8 Å². The van der Waals surface area contributed by atoms with Gasteiger partial charge in [-0.15, -0.1) is 11.3 Å². The highest BCUT2D eigenvalue weighted by atomic mass is 32.2. The number of hydrogen-bond acceptors (Lipinski definition) is 7. The Labute approximate surface area is 214 Å². The molecule has 4 aromatic rings. The SMILES string of the molecule is Cc1ccc(S(=O)(=O)N2CCOc3c(cc(-c4nc5ccccc5s4)cc3O[C@H]3CCOC3)C2)cc1. The van der Waals surface area contributed by atoms with Crippen LogP contribution in [0.2, 0.25) is 0 Å². The Bertz CT molecular complexity index is 1480. The Morgan fingerprint density at radius 1 is 1.08 bits per heavy atom. The van der Waals surface area contributed by atoms with Crippen LogP contribution in [0.4, 0.5) is 0 Å². The van der Waals surface area contributed by atoms with Crippen molar-refractivity contribution in [3.8, 4) is 22.1 Å². The third kappa shape index (κ3) is 4.48. The molecule has 0 spiro atoms. The van der Waals surface area contributed by atoms with Gasteiger partial charge in [-0.05, 0) is 43.3 Å². The van der Waals surface area contributed by atoms with Crippen LogP contribution in [0.15, 0.2) is 65.6 Å². The molecular weight excluding hydrogens is 496 g/mol. The van der Waals surface area contributed by atoms with E-state index in [2.05, 4.69) is 0 Å². The molecule has 0 radical (unpaired) electrons. The lowest BCUT2D eigenvalue weighted by Gasteiger charge is -2.20. The topological polar surface area (TPSA) is 78.0 Å². The molecule has 36 heavy (non-hydrogen) atoms. The third-order valence-electron chi connectivity index (χ3n) is 6.45. The Balaban J connectivity index is 1.42. The van der Waals surface area contributed by atoms with E-state index in [4.69, 9.17) is 19.2 Å². The second-order valence-corrected chi connectivity index (χ2v) is 12.0. The summed E-state index contributed by atoms with van der Waals surface area (Å²) >= 11 is 1.60. The first-order valence-electron chi connectivity index (χ1n) is 11.9. The number of nitrogens with zero attached hydrogens (tertiary/aromatic N) is 2. The highest BCUT2D eigenvalue weighted by Crippen LogP contribution is 2.42. The van der Waals surface area contributed by atoms with Gasteiger partial charge in [0.15, 0.2) is 11.5 Å². The monoisotopic (exact) mass is 522 g/mol. The molecule has 7 nitrogen and oxygen atoms in total. The summed E-state index contributed by atoms with van der Waals surface area (Å²) in [5.74, 6) is 1.19. The van der Waals surface area contributed by atoms with Gasteiger partial charge in [-0.3, -0.25) is 0 Å². The van der Waals surface area contributed by atoms with Gasteiger partial charge < -0.3 is 14.2 Å². The number of rotatable bonds is 5. The number of benzene rings is 3. The Morgan fingerprint density at radius 3 is 2.69 bits per heavy atom. The highest BCUT2D eigenvalue weighted by Gasteiger charge is 2.30. The molecule has 0 saturated carbocycles. The highest BCUT2D eigenvalue weighted by molar-refractivity contribution is 7.89. The minimum Gasteiger partial charge on any atom is -0.488 e. The summed E-state index contributed by atoms with van der Waals surface area (Å²) in [6, 6.07) is 18.9. The summed E-state index contributed by atoms with van der Waals surface area (Å²) in [7, 11) is -3.70. The molecule has 2 aliphatic rings. The normalized spacial score (nSPS) is 18.5. The molecule has 0 bridgehead atoms. The van der Waals surface area contributed by atoms with Gasteiger partial charge in [-0.25, -0.2) is 13.4 Å². The number of aryl methyl sites for hydroxylation is 1. The molecule has 1 saturated heterocycles. The average Bonchev–Trinajstić information content (AvgIpc) is 3.49. The first kappa shape index (κ1) is 23.4. The predicted molar refractivity (Wildman–Crippen MR) is 139 cm³/mol. The molecule has 9 heteroatoms. The Morgan fingerprint density at radius 2 is 1.92 bits per heavy atom. The van der Waals surface area contributed by atoms with Crippen molar-refractivity contribution in [1.29, 1.82) is 0 Å². The van der Waals surface area contributed by atoms with Crippen LogP contribution in [-0.2, 0) is 21.3 Å². The van der Waals surface area contributed by atoms with E-state index >= 15 is 0 Å². The van der Waals surface area contributed by atoms with Crippen molar-refractivity contribution in [2.75, 3.05) is 26.4 Å². The number of sulfonamides is 1. The summed E-state index contributed by atoms with van der Waals surface area (Å²) < 4.78 is 47.6. The molecule has 0 amide bonds. The van der Waals surface area contributed by atoms with E-state index < -0.39 is 10.0 Å². The van der Waals surface area contributed by atoms with Gasteiger partial charge in [0, 0.05) is 30.6 Å². The van der Waals surface area contributed by atoms with Gasteiger partial charge in [0.1, 0.15) is 17.7 Å².